The van der Waals surface area contributed by atoms with Crippen molar-refractivity contribution in [2.75, 3.05) is 12.5 Å². The molecule has 0 aliphatic carbocycles. The number of aryl methyl sites for hydroxylation is 1. The Hall–Kier alpha value is -0.920. The van der Waals surface area contributed by atoms with Crippen molar-refractivity contribution in [3.05, 3.63) is 29.8 Å². The first-order valence-corrected chi connectivity index (χ1v) is 7.93. The number of sulfone groups is 1. The highest BCUT2D eigenvalue weighted by Crippen LogP contribution is 2.08. The summed E-state index contributed by atoms with van der Waals surface area (Å²) in [7, 11) is -6.69. The predicted octanol–water partition coefficient (Wildman–Crippen LogP) is 0.903. The topological polar surface area (TPSA) is 88.5 Å². The van der Waals surface area contributed by atoms with Crippen LogP contribution in [0.25, 0.3) is 0 Å². The Morgan fingerprint density at radius 2 is 1.25 bits per heavy atom. The minimum absolute atomic E-state index is 0.0666. The molecule has 0 bridgehead atoms. The summed E-state index contributed by atoms with van der Waals surface area (Å²) < 4.78 is 48.8. The summed E-state index contributed by atoms with van der Waals surface area (Å²) in [6.07, 6.45) is 2.32. The molecule has 16 heavy (non-hydrogen) atoms. The number of rotatable bonds is 1. The van der Waals surface area contributed by atoms with Crippen molar-refractivity contribution < 1.29 is 21.4 Å². The van der Waals surface area contributed by atoms with E-state index >= 15 is 0 Å². The van der Waals surface area contributed by atoms with Crippen LogP contribution in [-0.2, 0) is 20.0 Å². The lowest BCUT2D eigenvalue weighted by Gasteiger charge is -1.95. The first-order valence-electron chi connectivity index (χ1n) is 4.19. The van der Waals surface area contributed by atoms with Gasteiger partial charge >= 0.3 is 0 Å². The summed E-state index contributed by atoms with van der Waals surface area (Å²) in [6, 6.07) is 5.99. The van der Waals surface area contributed by atoms with Gasteiger partial charge in [0.1, 0.15) is 9.84 Å². The molecule has 0 saturated carbocycles. The fourth-order valence-electron chi connectivity index (χ4n) is 0.710. The molecule has 5 nitrogen and oxygen atoms in total. The Kier molecular flexibility index (Phi) is 5.11. The van der Waals surface area contributed by atoms with Gasteiger partial charge in [-0.1, -0.05) is 17.7 Å². The van der Waals surface area contributed by atoms with Gasteiger partial charge in [0.2, 0.25) is 0 Å². The number of hydrogen-bond acceptors (Lipinski definition) is 4. The minimum Gasteiger partial charge on any atom is -0.282 e. The quantitative estimate of drug-likeness (QED) is 0.763. The fourth-order valence-corrected chi connectivity index (χ4v) is 1.19. The molecule has 0 aliphatic rings. The molecule has 1 aromatic carbocycles. The van der Waals surface area contributed by atoms with Crippen LogP contribution in [0.2, 0.25) is 0 Å². The summed E-state index contributed by atoms with van der Waals surface area (Å²) in [5.74, 6) is 0. The average Bonchev–Trinajstić information content (AvgIpc) is 1.99. The standard InChI is InChI=1S/C7H8O3S.C2H6O2S/c1-6-2-4-7(5-3-6)11(8,9)10;1-5(2,3)4/h2-5H,1H3,(H,8,9,10);1-2H3. The molecule has 0 atom stereocenters. The Morgan fingerprint density at radius 1 is 0.938 bits per heavy atom. The van der Waals surface area contributed by atoms with E-state index in [1.807, 2.05) is 6.92 Å². The maximum atomic E-state index is 10.5. The first kappa shape index (κ1) is 15.1. The van der Waals surface area contributed by atoms with Crippen LogP contribution in [0.4, 0.5) is 0 Å². The number of hydrogen-bond donors (Lipinski definition) is 1. The van der Waals surface area contributed by atoms with Gasteiger partial charge in [-0.15, -0.1) is 0 Å². The van der Waals surface area contributed by atoms with Crippen molar-refractivity contribution in [2.45, 2.75) is 11.8 Å². The van der Waals surface area contributed by atoms with E-state index in [0.717, 1.165) is 18.1 Å². The van der Waals surface area contributed by atoms with E-state index in [1.165, 1.54) is 12.1 Å². The molecule has 0 spiro atoms. The summed E-state index contributed by atoms with van der Waals surface area (Å²) >= 11 is 0. The first-order chi connectivity index (χ1) is 7.00. The number of benzene rings is 1. The van der Waals surface area contributed by atoms with Gasteiger partial charge in [-0.3, -0.25) is 4.55 Å². The largest absolute Gasteiger partial charge is 0.294 e. The van der Waals surface area contributed by atoms with Crippen LogP contribution >= 0.6 is 0 Å². The molecule has 0 fully saturated rings. The molecule has 7 heteroatoms. The lowest BCUT2D eigenvalue weighted by atomic mass is 10.2. The molecule has 0 unspecified atom stereocenters. The second-order valence-corrected chi connectivity index (χ2v) is 7.14. The molecule has 0 aliphatic heterocycles. The van der Waals surface area contributed by atoms with E-state index < -0.39 is 20.0 Å². The predicted molar refractivity (Wildman–Crippen MR) is 61.8 cm³/mol. The van der Waals surface area contributed by atoms with Crippen molar-refractivity contribution in [2.24, 2.45) is 0 Å². The van der Waals surface area contributed by atoms with Gasteiger partial charge in [0.05, 0.1) is 4.90 Å². The summed E-state index contributed by atoms with van der Waals surface area (Å²) in [6.45, 7) is 1.84. The van der Waals surface area contributed by atoms with Gasteiger partial charge in [0, 0.05) is 12.5 Å². The van der Waals surface area contributed by atoms with E-state index in [0.29, 0.717) is 0 Å². The smallest absolute Gasteiger partial charge is 0.282 e. The monoisotopic (exact) mass is 266 g/mol. The molecule has 92 valence electrons. The van der Waals surface area contributed by atoms with Crippen molar-refractivity contribution in [3.8, 4) is 0 Å². The van der Waals surface area contributed by atoms with E-state index in [-0.39, 0.29) is 4.90 Å². The Balaban J connectivity index is 0.000000385. The molecular formula is C9H14O5S2. The van der Waals surface area contributed by atoms with Gasteiger partial charge < -0.3 is 0 Å². The lowest BCUT2D eigenvalue weighted by molar-refractivity contribution is 0.483. The van der Waals surface area contributed by atoms with E-state index in [4.69, 9.17) is 4.55 Å². The maximum absolute atomic E-state index is 10.5. The van der Waals surface area contributed by atoms with E-state index in [2.05, 4.69) is 0 Å². The Labute approximate surface area is 95.8 Å². The fraction of sp³-hybridized carbons (Fsp3) is 0.333. The summed E-state index contributed by atoms with van der Waals surface area (Å²) in [5, 5.41) is 0. The maximum Gasteiger partial charge on any atom is 0.294 e. The van der Waals surface area contributed by atoms with Crippen LogP contribution in [0.15, 0.2) is 29.2 Å². The zero-order valence-corrected chi connectivity index (χ0v) is 10.8. The van der Waals surface area contributed by atoms with Crippen LogP contribution in [0.5, 0.6) is 0 Å². The molecule has 0 heterocycles. The zero-order chi connectivity index (χ0) is 13.0. The molecule has 0 aromatic heterocycles. The second kappa shape index (κ2) is 5.42. The molecule has 0 radical (unpaired) electrons. The lowest BCUT2D eigenvalue weighted by Crippen LogP contribution is -1.96. The van der Waals surface area contributed by atoms with Gasteiger partial charge in [-0.05, 0) is 19.1 Å². The summed E-state index contributed by atoms with van der Waals surface area (Å²) in [4.78, 5) is -0.0666. The van der Waals surface area contributed by atoms with Crippen molar-refractivity contribution in [3.63, 3.8) is 0 Å². The highest BCUT2D eigenvalue weighted by Gasteiger charge is 2.06. The normalized spacial score (nSPS) is 11.5. The van der Waals surface area contributed by atoms with Crippen LogP contribution in [-0.4, -0.2) is 33.9 Å². The third kappa shape index (κ3) is 8.39. The van der Waals surface area contributed by atoms with Crippen molar-refractivity contribution in [1.29, 1.82) is 0 Å². The molecule has 0 amide bonds. The van der Waals surface area contributed by atoms with Crippen LogP contribution in [0.1, 0.15) is 5.56 Å². The second-order valence-electron chi connectivity index (χ2n) is 3.43. The Bertz CT molecular complexity index is 518. The molecule has 1 N–H and O–H groups in total. The van der Waals surface area contributed by atoms with Crippen molar-refractivity contribution >= 4 is 20.0 Å². The molecular weight excluding hydrogens is 252 g/mol. The highest BCUT2D eigenvalue weighted by atomic mass is 32.2. The minimum atomic E-state index is -4.02. The van der Waals surface area contributed by atoms with Gasteiger partial charge in [-0.25, -0.2) is 8.42 Å². The molecule has 1 aromatic rings. The SMILES string of the molecule is CS(C)(=O)=O.Cc1ccc(S(=O)(=O)O)cc1. The van der Waals surface area contributed by atoms with Gasteiger partial charge in [0.25, 0.3) is 10.1 Å². The highest BCUT2D eigenvalue weighted by molar-refractivity contribution is 7.89. The van der Waals surface area contributed by atoms with Crippen LogP contribution < -0.4 is 0 Å². The third-order valence-corrected chi connectivity index (χ3v) is 2.19. The van der Waals surface area contributed by atoms with Crippen molar-refractivity contribution in [1.82, 2.24) is 0 Å². The third-order valence-electron chi connectivity index (χ3n) is 1.32. The Morgan fingerprint density at radius 3 is 1.50 bits per heavy atom. The van der Waals surface area contributed by atoms with Gasteiger partial charge in [0.15, 0.2) is 0 Å². The van der Waals surface area contributed by atoms with Gasteiger partial charge in [-0.2, -0.15) is 8.42 Å². The van der Waals surface area contributed by atoms with Crippen LogP contribution in [0.3, 0.4) is 0 Å². The van der Waals surface area contributed by atoms with E-state index in [1.54, 1.807) is 12.1 Å². The van der Waals surface area contributed by atoms with Crippen LogP contribution in [0, 0.1) is 6.92 Å². The van der Waals surface area contributed by atoms with E-state index in [9.17, 15) is 16.8 Å². The summed E-state index contributed by atoms with van der Waals surface area (Å²) in [5.41, 5.74) is 0.956. The molecule has 0 saturated heterocycles. The average molecular weight is 266 g/mol. The molecule has 1 rings (SSSR count). The zero-order valence-electron chi connectivity index (χ0n) is 9.21.